The molecule has 2 N–H and O–H groups in total. The number of halogens is 2. The number of carbonyl (C=O) groups is 1. The number of benzene rings is 1. The lowest BCUT2D eigenvalue weighted by Gasteiger charge is -2.29. The van der Waals surface area contributed by atoms with E-state index in [-0.39, 0.29) is 34.5 Å². The number of nitrogens with zero attached hydrogens (tertiary/aromatic N) is 6. The van der Waals surface area contributed by atoms with Crippen LogP contribution in [0.4, 0.5) is 26.2 Å². The zero-order valence-corrected chi connectivity index (χ0v) is 21.8. The van der Waals surface area contributed by atoms with E-state index >= 15 is 4.39 Å². The molecule has 0 unspecified atom stereocenters. The predicted octanol–water partition coefficient (Wildman–Crippen LogP) is 4.21. The predicted molar refractivity (Wildman–Crippen MR) is 144 cm³/mol. The van der Waals surface area contributed by atoms with E-state index in [4.69, 9.17) is 0 Å². The van der Waals surface area contributed by atoms with E-state index in [1.165, 1.54) is 17.0 Å². The Hall–Kier alpha value is -4.12. The molecular formula is C27H30F2N8O. The number of piperazine rings is 1. The summed E-state index contributed by atoms with van der Waals surface area (Å²) in [5.74, 6) is -1.09. The molecule has 1 fully saturated rings. The van der Waals surface area contributed by atoms with Gasteiger partial charge in [0.25, 0.3) is 5.91 Å². The first-order chi connectivity index (χ1) is 18.2. The standard InChI is InChI=1S/C27H30F2N8O/c1-16(2)37-21-7-6-18(24(29)19(21)13-22(37)26(38)35(3)4)25-20(28)15-32-27(34-25)33-23-8-5-17(14-31-23)36-11-9-30-10-12-36/h5-8,13-16,30H,9-12H2,1-4H3,(H,31,32,33,34). The molecule has 1 saturated heterocycles. The van der Waals surface area contributed by atoms with Gasteiger partial charge in [0.15, 0.2) is 5.82 Å². The van der Waals surface area contributed by atoms with E-state index in [9.17, 15) is 9.18 Å². The van der Waals surface area contributed by atoms with Gasteiger partial charge in [-0.25, -0.2) is 23.7 Å². The van der Waals surface area contributed by atoms with Crippen LogP contribution in [0.5, 0.6) is 0 Å². The highest BCUT2D eigenvalue weighted by Gasteiger charge is 2.24. The molecule has 4 aromatic rings. The zero-order chi connectivity index (χ0) is 27.0. The fourth-order valence-electron chi connectivity index (χ4n) is 4.70. The molecule has 1 aromatic carbocycles. The summed E-state index contributed by atoms with van der Waals surface area (Å²) in [5, 5.41) is 6.51. The number of nitrogens with one attached hydrogen (secondary N) is 2. The fourth-order valence-corrected chi connectivity index (χ4v) is 4.70. The van der Waals surface area contributed by atoms with E-state index in [1.54, 1.807) is 37.0 Å². The van der Waals surface area contributed by atoms with Crippen LogP contribution in [0.15, 0.2) is 42.7 Å². The molecule has 38 heavy (non-hydrogen) atoms. The quantitative estimate of drug-likeness (QED) is 0.394. The molecule has 0 spiro atoms. The Morgan fingerprint density at radius 1 is 1.08 bits per heavy atom. The van der Waals surface area contributed by atoms with E-state index in [1.807, 2.05) is 19.9 Å². The van der Waals surface area contributed by atoms with Gasteiger partial charge >= 0.3 is 0 Å². The third kappa shape index (κ3) is 4.76. The summed E-state index contributed by atoms with van der Waals surface area (Å²) >= 11 is 0. The average molecular weight is 521 g/mol. The number of hydrogen-bond donors (Lipinski definition) is 2. The second-order valence-corrected chi connectivity index (χ2v) is 9.71. The van der Waals surface area contributed by atoms with Crippen molar-refractivity contribution in [3.05, 3.63) is 60.1 Å². The Labute approximate surface area is 219 Å². The highest BCUT2D eigenvalue weighted by molar-refractivity contribution is 5.99. The Morgan fingerprint density at radius 3 is 2.50 bits per heavy atom. The first-order valence-corrected chi connectivity index (χ1v) is 12.5. The first-order valence-electron chi connectivity index (χ1n) is 12.5. The van der Waals surface area contributed by atoms with Gasteiger partial charge in [-0.3, -0.25) is 4.79 Å². The van der Waals surface area contributed by atoms with Crippen LogP contribution >= 0.6 is 0 Å². The third-order valence-electron chi connectivity index (χ3n) is 6.57. The molecule has 0 aliphatic carbocycles. The van der Waals surface area contributed by atoms with Crippen LogP contribution in [-0.4, -0.2) is 70.6 Å². The topological polar surface area (TPSA) is 91.2 Å². The number of fused-ring (bicyclic) bond motifs is 1. The van der Waals surface area contributed by atoms with Crippen molar-refractivity contribution in [3.63, 3.8) is 0 Å². The lowest BCUT2D eigenvalue weighted by Crippen LogP contribution is -2.43. The second-order valence-electron chi connectivity index (χ2n) is 9.71. The van der Waals surface area contributed by atoms with Gasteiger partial charge in [-0.2, -0.15) is 0 Å². The minimum atomic E-state index is -0.760. The molecule has 0 atom stereocenters. The van der Waals surface area contributed by atoms with Gasteiger partial charge in [0.1, 0.15) is 23.0 Å². The Balaban J connectivity index is 1.47. The molecule has 0 saturated carbocycles. The summed E-state index contributed by atoms with van der Waals surface area (Å²) in [7, 11) is 3.29. The van der Waals surface area contributed by atoms with Crippen molar-refractivity contribution in [3.8, 4) is 11.3 Å². The summed E-state index contributed by atoms with van der Waals surface area (Å²) in [6.07, 6.45) is 2.77. The zero-order valence-electron chi connectivity index (χ0n) is 21.8. The van der Waals surface area contributed by atoms with E-state index in [2.05, 4.69) is 30.5 Å². The molecule has 1 aliphatic heterocycles. The molecule has 0 bridgehead atoms. The fraction of sp³-hybridized carbons (Fsp3) is 0.333. The van der Waals surface area contributed by atoms with Crippen molar-refractivity contribution in [2.75, 3.05) is 50.5 Å². The van der Waals surface area contributed by atoms with Crippen LogP contribution in [0.2, 0.25) is 0 Å². The molecule has 9 nitrogen and oxygen atoms in total. The third-order valence-corrected chi connectivity index (χ3v) is 6.57. The normalized spacial score (nSPS) is 13.8. The van der Waals surface area contributed by atoms with Gasteiger partial charge in [-0.1, -0.05) is 0 Å². The van der Waals surface area contributed by atoms with E-state index in [0.717, 1.165) is 38.1 Å². The van der Waals surface area contributed by atoms with Crippen LogP contribution in [0.25, 0.3) is 22.2 Å². The molecule has 4 heterocycles. The minimum Gasteiger partial charge on any atom is -0.368 e. The number of aromatic nitrogens is 4. The summed E-state index contributed by atoms with van der Waals surface area (Å²) < 4.78 is 32.5. The lowest BCUT2D eigenvalue weighted by atomic mass is 10.1. The smallest absolute Gasteiger partial charge is 0.270 e. The van der Waals surface area contributed by atoms with E-state index < -0.39 is 11.6 Å². The maximum absolute atomic E-state index is 15.8. The van der Waals surface area contributed by atoms with Crippen LogP contribution < -0.4 is 15.5 Å². The van der Waals surface area contributed by atoms with Crippen molar-refractivity contribution in [2.24, 2.45) is 0 Å². The van der Waals surface area contributed by atoms with Crippen molar-refractivity contribution in [2.45, 2.75) is 19.9 Å². The average Bonchev–Trinajstić information content (AvgIpc) is 3.31. The molecule has 1 amide bonds. The Morgan fingerprint density at radius 2 is 1.84 bits per heavy atom. The van der Waals surface area contributed by atoms with Gasteiger partial charge in [0, 0.05) is 57.3 Å². The van der Waals surface area contributed by atoms with Crippen LogP contribution in [0.3, 0.4) is 0 Å². The van der Waals surface area contributed by atoms with Crippen molar-refractivity contribution in [1.29, 1.82) is 0 Å². The monoisotopic (exact) mass is 520 g/mol. The number of amides is 1. The molecule has 198 valence electrons. The maximum Gasteiger partial charge on any atom is 0.270 e. The van der Waals surface area contributed by atoms with Crippen LogP contribution in [0, 0.1) is 11.6 Å². The first kappa shape index (κ1) is 25.5. The summed E-state index contributed by atoms with van der Waals surface area (Å²) in [6, 6.07) is 8.34. The van der Waals surface area contributed by atoms with Gasteiger partial charge in [0.05, 0.1) is 23.6 Å². The summed E-state index contributed by atoms with van der Waals surface area (Å²) in [5.41, 5.74) is 1.71. The van der Waals surface area contributed by atoms with Gasteiger partial charge in [-0.15, -0.1) is 0 Å². The van der Waals surface area contributed by atoms with Crippen molar-refractivity contribution in [1.82, 2.24) is 29.7 Å². The summed E-state index contributed by atoms with van der Waals surface area (Å²) in [4.78, 5) is 29.2. The molecule has 0 radical (unpaired) electrons. The molecule has 3 aromatic heterocycles. The van der Waals surface area contributed by atoms with Gasteiger partial charge in [0.2, 0.25) is 5.95 Å². The largest absolute Gasteiger partial charge is 0.368 e. The molecule has 5 rings (SSSR count). The van der Waals surface area contributed by atoms with Crippen molar-refractivity contribution >= 4 is 34.3 Å². The maximum atomic E-state index is 15.8. The molecule has 11 heteroatoms. The lowest BCUT2D eigenvalue weighted by molar-refractivity contribution is 0.0816. The van der Waals surface area contributed by atoms with E-state index in [0.29, 0.717) is 17.0 Å². The number of pyridine rings is 1. The summed E-state index contributed by atoms with van der Waals surface area (Å²) in [6.45, 7) is 7.49. The highest BCUT2D eigenvalue weighted by Crippen LogP contribution is 2.33. The second kappa shape index (κ2) is 10.3. The van der Waals surface area contributed by atoms with Gasteiger partial charge < -0.3 is 25.0 Å². The number of rotatable bonds is 6. The van der Waals surface area contributed by atoms with Crippen molar-refractivity contribution < 1.29 is 13.6 Å². The van der Waals surface area contributed by atoms with Crippen LogP contribution in [0.1, 0.15) is 30.4 Å². The van der Waals surface area contributed by atoms with Gasteiger partial charge in [-0.05, 0) is 44.2 Å². The number of anilines is 3. The molecule has 1 aliphatic rings. The molecular weight excluding hydrogens is 490 g/mol. The number of carbonyl (C=O) groups excluding carboxylic acids is 1. The Kier molecular flexibility index (Phi) is 6.94. The van der Waals surface area contributed by atoms with Crippen LogP contribution in [-0.2, 0) is 0 Å². The highest BCUT2D eigenvalue weighted by atomic mass is 19.1. The SMILES string of the molecule is CC(C)n1c(C(=O)N(C)C)cc2c(F)c(-c3nc(Nc4ccc(N5CCNCC5)cn4)ncc3F)ccc21. The Bertz CT molecular complexity index is 1480. The minimum absolute atomic E-state index is 0.0211. The number of hydrogen-bond acceptors (Lipinski definition) is 7.